The van der Waals surface area contributed by atoms with E-state index in [4.69, 9.17) is 28.0 Å². The number of hydrogen-bond acceptors (Lipinski definition) is 16. The van der Waals surface area contributed by atoms with Crippen molar-refractivity contribution in [2.45, 2.75) is 178 Å². The van der Waals surface area contributed by atoms with Crippen LogP contribution in [-0.2, 0) is 59.2 Å². The summed E-state index contributed by atoms with van der Waals surface area (Å²) in [6.07, 6.45) is 1.63. The zero-order valence-corrected chi connectivity index (χ0v) is 44.3. The number of carboxylic acids is 3. The molecule has 8 amide bonds. The quantitative estimate of drug-likeness (QED) is 0.0307. The summed E-state index contributed by atoms with van der Waals surface area (Å²) in [6.45, 7) is 5.41. The van der Waals surface area contributed by atoms with E-state index in [-0.39, 0.29) is 63.8 Å². The van der Waals surface area contributed by atoms with Gasteiger partial charge in [-0.3, -0.25) is 47.9 Å². The second-order valence-corrected chi connectivity index (χ2v) is 19.5. The van der Waals surface area contributed by atoms with E-state index in [2.05, 4.69) is 37.2 Å². The molecule has 1 fully saturated rings. The van der Waals surface area contributed by atoms with Gasteiger partial charge in [0, 0.05) is 25.8 Å². The number of aliphatic carboxylic acids is 3. The molecule has 0 saturated carbocycles. The number of nitrogens with zero attached hydrogens (tertiary/aromatic N) is 1. The summed E-state index contributed by atoms with van der Waals surface area (Å²) < 4.78 is 0. The Morgan fingerprint density at radius 2 is 1.04 bits per heavy atom. The van der Waals surface area contributed by atoms with Crippen molar-refractivity contribution in [1.29, 1.82) is 0 Å². The Balaban J connectivity index is 2.32. The number of aromatic hydroxyl groups is 1. The summed E-state index contributed by atoms with van der Waals surface area (Å²) >= 11 is 0. The Bertz CT molecular complexity index is 2150. The van der Waals surface area contributed by atoms with Gasteiger partial charge in [-0.05, 0) is 134 Å². The van der Waals surface area contributed by atoms with E-state index in [0.29, 0.717) is 63.6 Å². The van der Waals surface area contributed by atoms with Gasteiger partial charge in [-0.2, -0.15) is 0 Å². The average Bonchev–Trinajstić information content (AvgIpc) is 3.88. The predicted molar refractivity (Wildman–Crippen MR) is 279 cm³/mol. The molecule has 19 N–H and O–H groups in total. The van der Waals surface area contributed by atoms with Crippen molar-refractivity contribution in [3.63, 3.8) is 0 Å². The number of unbranched alkanes of at least 4 members (excludes halogenated alkanes) is 3. The summed E-state index contributed by atoms with van der Waals surface area (Å²) in [4.78, 5) is 146. The molecule has 0 aliphatic carbocycles. The topological polar surface area (TPSA) is 460 Å². The smallest absolute Gasteiger partial charge is 0.326 e. The zero-order valence-electron chi connectivity index (χ0n) is 44.3. The predicted octanol–water partition coefficient (Wildman–Crippen LogP) is -2.48. The minimum absolute atomic E-state index is 0.0455. The lowest BCUT2D eigenvalue weighted by atomic mass is 10.0. The SMILES string of the molecule is CC(C)[C@H](NC(=O)[C@H](CCCCN)NC(=O)[C@@H]1CCCN1C(=O)[C@H](CCCCN)NC(=O)[C@@H](N)CCC(=O)O)C(=O)N[C@@H](CCC(=O)O)C(=O)N[C@@H](C)C(=O)N[C@@H](Cc1ccc(O)cc1)C(=O)N[C@@H](CCCCN)C(=O)O. The summed E-state index contributed by atoms with van der Waals surface area (Å²) in [6, 6.07) is -6.15. The van der Waals surface area contributed by atoms with Crippen LogP contribution in [0.25, 0.3) is 0 Å². The molecular formula is C50H82N12O15. The van der Waals surface area contributed by atoms with Crippen LogP contribution in [0.15, 0.2) is 24.3 Å². The van der Waals surface area contributed by atoms with Crippen molar-refractivity contribution in [2.75, 3.05) is 26.2 Å². The third-order valence-corrected chi connectivity index (χ3v) is 12.8. The Kier molecular flexibility index (Phi) is 29.8. The third kappa shape index (κ3) is 23.9. The Labute approximate surface area is 447 Å². The maximum absolute atomic E-state index is 14.1. The van der Waals surface area contributed by atoms with E-state index >= 15 is 0 Å². The van der Waals surface area contributed by atoms with Crippen molar-refractivity contribution in [3.8, 4) is 5.75 Å². The first-order valence-electron chi connectivity index (χ1n) is 26.2. The van der Waals surface area contributed by atoms with E-state index in [0.717, 1.165) is 0 Å². The molecule has 1 aromatic rings. The third-order valence-electron chi connectivity index (χ3n) is 12.8. The molecule has 9 atom stereocenters. The van der Waals surface area contributed by atoms with E-state index in [1.165, 1.54) is 36.1 Å². The second kappa shape index (κ2) is 34.6. The van der Waals surface area contributed by atoms with E-state index < -0.39 is 138 Å². The highest BCUT2D eigenvalue weighted by Crippen LogP contribution is 2.21. The van der Waals surface area contributed by atoms with Crippen LogP contribution in [0, 0.1) is 5.92 Å². The van der Waals surface area contributed by atoms with Crippen molar-refractivity contribution in [1.82, 2.24) is 42.1 Å². The molecule has 0 aromatic heterocycles. The Morgan fingerprint density at radius 1 is 0.558 bits per heavy atom. The van der Waals surface area contributed by atoms with E-state index in [1.807, 2.05) is 0 Å². The molecule has 1 heterocycles. The fourth-order valence-electron chi connectivity index (χ4n) is 8.33. The number of nitrogens with one attached hydrogen (secondary N) is 7. The van der Waals surface area contributed by atoms with Gasteiger partial charge in [0.05, 0.1) is 6.04 Å². The minimum Gasteiger partial charge on any atom is -0.508 e. The highest BCUT2D eigenvalue weighted by atomic mass is 16.4. The molecule has 27 nitrogen and oxygen atoms in total. The number of benzene rings is 1. The lowest BCUT2D eigenvalue weighted by Gasteiger charge is -2.31. The number of rotatable bonds is 37. The lowest BCUT2D eigenvalue weighted by Crippen LogP contribution is -2.60. The first kappa shape index (κ1) is 66.1. The normalized spacial score (nSPS) is 16.3. The number of likely N-dealkylation sites (tertiary alicyclic amines) is 1. The van der Waals surface area contributed by atoms with E-state index in [9.17, 15) is 68.1 Å². The van der Waals surface area contributed by atoms with Gasteiger partial charge in [-0.1, -0.05) is 26.0 Å². The largest absolute Gasteiger partial charge is 0.508 e. The van der Waals surface area contributed by atoms with Crippen molar-refractivity contribution < 1.29 is 73.2 Å². The molecule has 0 bridgehead atoms. The second-order valence-electron chi connectivity index (χ2n) is 19.5. The fraction of sp³-hybridized carbons (Fsp3) is 0.660. The standard InChI is InChI=1S/C50H82N12O15/c1-28(2)41(61-45(71)33(11-4-7-23-51)56-47(73)38-14-10-26-62(38)49(75)35(12-5-8-24-52)58-43(69)32(54)19-21-39(64)65)48(74)57-34(20-22-40(66)67)44(70)55-29(3)42(68)60-37(27-30-15-17-31(63)18-16-30)46(72)59-36(50(76)77)13-6-9-25-53/h15-18,28-29,32-38,41,63H,4-14,19-27,51-54H2,1-3H3,(H,55,70)(H,56,73)(H,57,74)(H,58,69)(H,59,72)(H,60,68)(H,61,71)(H,64,65)(H,66,67)(H,76,77)/t29-,32-,33-,34-,35-,36-,37-,38-,41-/m0/s1. The molecule has 0 spiro atoms. The van der Waals surface area contributed by atoms with Crippen LogP contribution in [0.2, 0.25) is 0 Å². The van der Waals surface area contributed by atoms with Crippen molar-refractivity contribution in [2.24, 2.45) is 28.9 Å². The fourth-order valence-corrected chi connectivity index (χ4v) is 8.33. The van der Waals surface area contributed by atoms with Crippen molar-refractivity contribution >= 4 is 65.2 Å². The zero-order chi connectivity index (χ0) is 57.8. The number of phenolic OH excluding ortho intramolecular Hbond substituents is 1. The summed E-state index contributed by atoms with van der Waals surface area (Å²) in [5.74, 6) is -11.1. The van der Waals surface area contributed by atoms with Gasteiger partial charge in [-0.25, -0.2) is 4.79 Å². The summed E-state index contributed by atoms with van der Waals surface area (Å²) in [5.41, 5.74) is 23.3. The molecule has 0 radical (unpaired) electrons. The number of hydrogen-bond donors (Lipinski definition) is 15. The molecule has 77 heavy (non-hydrogen) atoms. The Hall–Kier alpha value is -6.97. The maximum atomic E-state index is 14.1. The first-order valence-corrected chi connectivity index (χ1v) is 26.2. The minimum atomic E-state index is -1.59. The molecule has 432 valence electrons. The first-order chi connectivity index (χ1) is 36.4. The number of phenols is 1. The van der Waals surface area contributed by atoms with Gasteiger partial charge >= 0.3 is 17.9 Å². The van der Waals surface area contributed by atoms with Crippen LogP contribution in [0.3, 0.4) is 0 Å². The number of carbonyl (C=O) groups excluding carboxylic acids is 8. The van der Waals surface area contributed by atoms with Crippen molar-refractivity contribution in [3.05, 3.63) is 29.8 Å². The average molecular weight is 1090 g/mol. The number of amides is 8. The molecular weight excluding hydrogens is 1010 g/mol. The maximum Gasteiger partial charge on any atom is 0.326 e. The molecule has 0 unspecified atom stereocenters. The van der Waals surface area contributed by atoms with Gasteiger partial charge in [0.25, 0.3) is 0 Å². The van der Waals surface area contributed by atoms with Crippen LogP contribution < -0.4 is 60.2 Å². The molecule has 1 aliphatic heterocycles. The van der Waals surface area contributed by atoms with Gasteiger partial charge < -0.3 is 85.5 Å². The molecule has 1 aliphatic rings. The lowest BCUT2D eigenvalue weighted by molar-refractivity contribution is -0.142. The van der Waals surface area contributed by atoms with Crippen LogP contribution in [0.5, 0.6) is 5.75 Å². The summed E-state index contributed by atoms with van der Waals surface area (Å²) in [5, 5.41) is 56.0. The molecule has 2 rings (SSSR count). The molecule has 27 heteroatoms. The van der Waals surface area contributed by atoms with Gasteiger partial charge in [0.15, 0.2) is 0 Å². The van der Waals surface area contributed by atoms with Gasteiger partial charge in [-0.15, -0.1) is 0 Å². The van der Waals surface area contributed by atoms with Crippen LogP contribution in [0.4, 0.5) is 0 Å². The van der Waals surface area contributed by atoms with Crippen LogP contribution in [0.1, 0.15) is 123 Å². The monoisotopic (exact) mass is 1090 g/mol. The number of nitrogens with two attached hydrogens (primary N) is 4. The molecule has 1 saturated heterocycles. The highest BCUT2D eigenvalue weighted by Gasteiger charge is 2.40. The summed E-state index contributed by atoms with van der Waals surface area (Å²) in [7, 11) is 0. The highest BCUT2D eigenvalue weighted by molar-refractivity contribution is 5.98. The van der Waals surface area contributed by atoms with E-state index in [1.54, 1.807) is 13.8 Å². The number of carbonyl (C=O) groups is 11. The van der Waals surface area contributed by atoms with Crippen LogP contribution in [-0.4, -0.2) is 171 Å². The Morgan fingerprint density at radius 3 is 1.58 bits per heavy atom. The molecule has 1 aromatic carbocycles. The number of carboxylic acid groups (broad SMARTS) is 3. The van der Waals surface area contributed by atoms with Gasteiger partial charge in [0.1, 0.15) is 54.1 Å². The van der Waals surface area contributed by atoms with Gasteiger partial charge in [0.2, 0.25) is 47.3 Å². The van der Waals surface area contributed by atoms with Crippen LogP contribution >= 0.6 is 0 Å².